The summed E-state index contributed by atoms with van der Waals surface area (Å²) in [6.07, 6.45) is 2.40. The highest BCUT2D eigenvalue weighted by atomic mass is 16.2. The van der Waals surface area contributed by atoms with Gasteiger partial charge in [0.05, 0.1) is 0 Å². The average molecular weight is 154 g/mol. The van der Waals surface area contributed by atoms with Gasteiger partial charge in [-0.25, -0.2) is 0 Å². The summed E-state index contributed by atoms with van der Waals surface area (Å²) < 4.78 is 0. The maximum atomic E-state index is 11.0. The van der Waals surface area contributed by atoms with E-state index in [9.17, 15) is 4.79 Å². The van der Waals surface area contributed by atoms with E-state index in [0.29, 0.717) is 12.5 Å². The number of amides is 1. The lowest BCUT2D eigenvalue weighted by Gasteiger charge is -2.12. The van der Waals surface area contributed by atoms with E-state index in [2.05, 4.69) is 6.58 Å². The van der Waals surface area contributed by atoms with Crippen molar-refractivity contribution in [3.05, 3.63) is 12.7 Å². The standard InChI is InChI=1S/C8H14N2O/c1-2-8(11)10-4-3-7(5-9)6-10/h2,7H,1,3-6,9H2/t7-/m1/s1. The van der Waals surface area contributed by atoms with Crippen LogP contribution < -0.4 is 5.73 Å². The summed E-state index contributed by atoms with van der Waals surface area (Å²) in [6, 6.07) is 0. The lowest BCUT2D eigenvalue weighted by atomic mass is 10.1. The summed E-state index contributed by atoms with van der Waals surface area (Å²) in [4.78, 5) is 12.8. The molecule has 3 nitrogen and oxygen atoms in total. The van der Waals surface area contributed by atoms with Crippen LogP contribution in [0, 0.1) is 5.92 Å². The Morgan fingerprint density at radius 1 is 1.82 bits per heavy atom. The van der Waals surface area contributed by atoms with Crippen molar-refractivity contribution in [3.8, 4) is 0 Å². The Labute approximate surface area is 66.9 Å². The molecule has 0 unspecified atom stereocenters. The molecule has 0 saturated carbocycles. The number of nitrogens with zero attached hydrogens (tertiary/aromatic N) is 1. The summed E-state index contributed by atoms with van der Waals surface area (Å²) in [6.45, 7) is 5.76. The van der Waals surface area contributed by atoms with Crippen molar-refractivity contribution in [2.24, 2.45) is 11.7 Å². The molecule has 1 aliphatic heterocycles. The Bertz CT molecular complexity index is 167. The molecule has 0 spiro atoms. The SMILES string of the molecule is C=CC(=O)N1CC[C@H](CN)C1. The van der Waals surface area contributed by atoms with Gasteiger partial charge in [-0.3, -0.25) is 4.79 Å². The van der Waals surface area contributed by atoms with Crippen molar-refractivity contribution in [3.63, 3.8) is 0 Å². The van der Waals surface area contributed by atoms with Crippen LogP contribution in [0.4, 0.5) is 0 Å². The summed E-state index contributed by atoms with van der Waals surface area (Å²) >= 11 is 0. The molecule has 0 aromatic carbocycles. The molecule has 1 fully saturated rings. The molecule has 0 bridgehead atoms. The molecule has 0 aromatic heterocycles. The third-order valence-corrected chi connectivity index (χ3v) is 2.11. The molecule has 1 amide bonds. The zero-order valence-electron chi connectivity index (χ0n) is 6.62. The normalized spacial score (nSPS) is 23.7. The molecule has 0 aliphatic carbocycles. The first-order valence-electron chi connectivity index (χ1n) is 3.89. The molecular formula is C8H14N2O. The Balaban J connectivity index is 2.41. The highest BCUT2D eigenvalue weighted by Crippen LogP contribution is 2.14. The third-order valence-electron chi connectivity index (χ3n) is 2.11. The third kappa shape index (κ3) is 1.80. The molecule has 1 heterocycles. The fraction of sp³-hybridized carbons (Fsp3) is 0.625. The van der Waals surface area contributed by atoms with Crippen molar-refractivity contribution < 1.29 is 4.79 Å². The Hall–Kier alpha value is -0.830. The van der Waals surface area contributed by atoms with Crippen LogP contribution in [0.15, 0.2) is 12.7 Å². The molecular weight excluding hydrogens is 140 g/mol. The van der Waals surface area contributed by atoms with Gasteiger partial charge < -0.3 is 10.6 Å². The largest absolute Gasteiger partial charge is 0.339 e. The second-order valence-corrected chi connectivity index (χ2v) is 2.88. The molecule has 1 aliphatic rings. The highest BCUT2D eigenvalue weighted by Gasteiger charge is 2.23. The predicted molar refractivity (Wildman–Crippen MR) is 43.9 cm³/mol. The minimum atomic E-state index is 0.0287. The minimum absolute atomic E-state index is 0.0287. The van der Waals surface area contributed by atoms with E-state index < -0.39 is 0 Å². The van der Waals surface area contributed by atoms with Crippen molar-refractivity contribution in [2.75, 3.05) is 19.6 Å². The van der Waals surface area contributed by atoms with Gasteiger partial charge in [0.15, 0.2) is 0 Å². The quantitative estimate of drug-likeness (QED) is 0.568. The first-order chi connectivity index (χ1) is 5.27. The lowest BCUT2D eigenvalue weighted by Crippen LogP contribution is -2.27. The lowest BCUT2D eigenvalue weighted by molar-refractivity contribution is -0.125. The van der Waals surface area contributed by atoms with Gasteiger partial charge in [-0.1, -0.05) is 6.58 Å². The van der Waals surface area contributed by atoms with Gasteiger partial charge in [-0.2, -0.15) is 0 Å². The topological polar surface area (TPSA) is 46.3 Å². The second kappa shape index (κ2) is 3.53. The van der Waals surface area contributed by atoms with Gasteiger partial charge in [0.2, 0.25) is 5.91 Å². The summed E-state index contributed by atoms with van der Waals surface area (Å²) in [5.41, 5.74) is 5.47. The summed E-state index contributed by atoms with van der Waals surface area (Å²) in [5, 5.41) is 0. The molecule has 11 heavy (non-hydrogen) atoms. The molecule has 0 aromatic rings. The van der Waals surface area contributed by atoms with Crippen molar-refractivity contribution in [1.82, 2.24) is 4.90 Å². The van der Waals surface area contributed by atoms with Crippen LogP contribution >= 0.6 is 0 Å². The van der Waals surface area contributed by atoms with Crippen LogP contribution in [0.3, 0.4) is 0 Å². The number of hydrogen-bond acceptors (Lipinski definition) is 2. The number of carbonyl (C=O) groups excluding carboxylic acids is 1. The molecule has 1 rings (SSSR count). The molecule has 1 saturated heterocycles. The van der Waals surface area contributed by atoms with Gasteiger partial charge in [-0.05, 0) is 25.0 Å². The minimum Gasteiger partial charge on any atom is -0.339 e. The Morgan fingerprint density at radius 2 is 2.55 bits per heavy atom. The van der Waals surface area contributed by atoms with Gasteiger partial charge in [-0.15, -0.1) is 0 Å². The fourth-order valence-electron chi connectivity index (χ4n) is 1.35. The maximum absolute atomic E-state index is 11.0. The number of carbonyl (C=O) groups is 1. The fourth-order valence-corrected chi connectivity index (χ4v) is 1.35. The zero-order valence-corrected chi connectivity index (χ0v) is 6.62. The van der Waals surface area contributed by atoms with Crippen LogP contribution in [0.5, 0.6) is 0 Å². The van der Waals surface area contributed by atoms with E-state index in [-0.39, 0.29) is 5.91 Å². The molecule has 0 radical (unpaired) electrons. The van der Waals surface area contributed by atoms with Gasteiger partial charge in [0.1, 0.15) is 0 Å². The van der Waals surface area contributed by atoms with Crippen molar-refractivity contribution in [1.29, 1.82) is 0 Å². The van der Waals surface area contributed by atoms with Crippen LogP contribution in [-0.4, -0.2) is 30.4 Å². The van der Waals surface area contributed by atoms with E-state index in [1.165, 1.54) is 6.08 Å². The first-order valence-corrected chi connectivity index (χ1v) is 3.89. The van der Waals surface area contributed by atoms with Crippen LogP contribution in [-0.2, 0) is 4.79 Å². The van der Waals surface area contributed by atoms with Crippen LogP contribution in [0.1, 0.15) is 6.42 Å². The van der Waals surface area contributed by atoms with E-state index in [1.54, 1.807) is 4.90 Å². The predicted octanol–water partition coefficient (Wildman–Crippen LogP) is -0.0204. The zero-order chi connectivity index (χ0) is 8.27. The maximum Gasteiger partial charge on any atom is 0.245 e. The van der Waals surface area contributed by atoms with Gasteiger partial charge >= 0.3 is 0 Å². The van der Waals surface area contributed by atoms with E-state index in [0.717, 1.165) is 19.5 Å². The van der Waals surface area contributed by atoms with Crippen LogP contribution in [0.2, 0.25) is 0 Å². The highest BCUT2D eigenvalue weighted by molar-refractivity contribution is 5.87. The van der Waals surface area contributed by atoms with Crippen LogP contribution in [0.25, 0.3) is 0 Å². The first kappa shape index (κ1) is 8.27. The summed E-state index contributed by atoms with van der Waals surface area (Å²) in [5.74, 6) is 0.528. The number of nitrogens with two attached hydrogens (primary N) is 1. The molecule has 62 valence electrons. The number of hydrogen-bond donors (Lipinski definition) is 1. The summed E-state index contributed by atoms with van der Waals surface area (Å²) in [7, 11) is 0. The number of rotatable bonds is 2. The van der Waals surface area contributed by atoms with Gasteiger partial charge in [0, 0.05) is 13.1 Å². The van der Waals surface area contributed by atoms with Crippen molar-refractivity contribution in [2.45, 2.75) is 6.42 Å². The van der Waals surface area contributed by atoms with E-state index in [4.69, 9.17) is 5.73 Å². The Kier molecular flexibility index (Phi) is 2.65. The average Bonchev–Trinajstić information content (AvgIpc) is 2.50. The number of likely N-dealkylation sites (tertiary alicyclic amines) is 1. The van der Waals surface area contributed by atoms with E-state index in [1.807, 2.05) is 0 Å². The van der Waals surface area contributed by atoms with Crippen molar-refractivity contribution >= 4 is 5.91 Å². The molecule has 1 atom stereocenters. The second-order valence-electron chi connectivity index (χ2n) is 2.88. The Morgan fingerprint density at radius 3 is 3.00 bits per heavy atom. The van der Waals surface area contributed by atoms with Gasteiger partial charge in [0.25, 0.3) is 0 Å². The monoisotopic (exact) mass is 154 g/mol. The molecule has 2 N–H and O–H groups in total. The van der Waals surface area contributed by atoms with E-state index >= 15 is 0 Å². The smallest absolute Gasteiger partial charge is 0.245 e. The molecule has 3 heteroatoms.